The first kappa shape index (κ1) is 25.4. The van der Waals surface area contributed by atoms with Crippen molar-refractivity contribution >= 4 is 16.9 Å². The second-order valence-electron chi connectivity index (χ2n) is 10.6. The van der Waals surface area contributed by atoms with Gasteiger partial charge in [0.25, 0.3) is 0 Å². The highest BCUT2D eigenvalue weighted by Crippen LogP contribution is 2.31. The monoisotopic (exact) mass is 490 g/mol. The lowest BCUT2D eigenvalue weighted by atomic mass is 9.99. The van der Waals surface area contributed by atoms with Crippen molar-refractivity contribution in [3.8, 4) is 22.7 Å². The van der Waals surface area contributed by atoms with Gasteiger partial charge in [0.05, 0.1) is 49.1 Å². The van der Waals surface area contributed by atoms with Crippen molar-refractivity contribution in [1.82, 2.24) is 19.6 Å². The molecule has 0 unspecified atom stereocenters. The first-order chi connectivity index (χ1) is 17.0. The molecule has 4 aromatic rings. The molecule has 0 atom stereocenters. The van der Waals surface area contributed by atoms with Crippen molar-refractivity contribution < 1.29 is 19.0 Å². The third-order valence-electron chi connectivity index (χ3n) is 5.79. The Morgan fingerprint density at radius 3 is 2.50 bits per heavy atom. The number of methoxy groups -OCH3 is 1. The maximum absolute atomic E-state index is 12.1. The van der Waals surface area contributed by atoms with E-state index in [0.717, 1.165) is 33.6 Å². The van der Waals surface area contributed by atoms with Crippen molar-refractivity contribution in [1.29, 1.82) is 0 Å². The summed E-state index contributed by atoms with van der Waals surface area (Å²) < 4.78 is 20.6. The molecule has 2 aromatic heterocycles. The van der Waals surface area contributed by atoms with Gasteiger partial charge in [-0.05, 0) is 43.5 Å². The van der Waals surface area contributed by atoms with Crippen LogP contribution in [0, 0.1) is 5.41 Å². The summed E-state index contributed by atoms with van der Waals surface area (Å²) in [6.45, 7) is 10.5. The first-order valence-corrected chi connectivity index (χ1v) is 11.9. The van der Waals surface area contributed by atoms with E-state index in [4.69, 9.17) is 19.3 Å². The van der Waals surface area contributed by atoms with Crippen molar-refractivity contribution in [3.05, 3.63) is 60.4 Å². The number of para-hydroxylation sites is 1. The average Bonchev–Trinajstić information content (AvgIpc) is 3.45. The number of carbonyl (C=O) groups is 1. The number of ether oxygens (including phenoxy) is 3. The third-order valence-corrected chi connectivity index (χ3v) is 5.79. The second kappa shape index (κ2) is 9.78. The van der Waals surface area contributed by atoms with Crippen LogP contribution in [0.4, 0.5) is 0 Å². The van der Waals surface area contributed by atoms with Crippen LogP contribution in [0.3, 0.4) is 0 Å². The third kappa shape index (κ3) is 5.44. The number of hydrogen-bond donors (Lipinski definition) is 0. The minimum atomic E-state index is -1.10. The summed E-state index contributed by atoms with van der Waals surface area (Å²) in [6, 6.07) is 16.0. The number of carbonyl (C=O) groups excluding carboxylic acids is 1. The maximum Gasteiger partial charge on any atom is 0.337 e. The number of aromatic nitrogens is 4. The molecule has 0 N–H and O–H groups in total. The van der Waals surface area contributed by atoms with E-state index in [1.165, 1.54) is 7.11 Å². The number of hydrogen-bond acceptors (Lipinski definition) is 6. The van der Waals surface area contributed by atoms with Crippen molar-refractivity contribution in [2.45, 2.75) is 46.8 Å². The van der Waals surface area contributed by atoms with Gasteiger partial charge in [0.2, 0.25) is 0 Å². The molecule has 190 valence electrons. The van der Waals surface area contributed by atoms with Crippen molar-refractivity contribution in [3.63, 3.8) is 0 Å². The molecule has 0 aliphatic carbocycles. The summed E-state index contributed by atoms with van der Waals surface area (Å²) in [7, 11) is 3.27. The normalized spacial score (nSPS) is 12.2. The van der Waals surface area contributed by atoms with E-state index < -0.39 is 11.6 Å². The number of benzene rings is 2. The van der Waals surface area contributed by atoms with Gasteiger partial charge in [0.1, 0.15) is 5.75 Å². The first-order valence-electron chi connectivity index (χ1n) is 11.9. The molecule has 2 aromatic carbocycles. The molecule has 0 aliphatic rings. The smallest absolute Gasteiger partial charge is 0.337 e. The molecular formula is C28H34N4O4. The number of rotatable bonds is 8. The van der Waals surface area contributed by atoms with Crippen LogP contribution in [0.2, 0.25) is 0 Å². The van der Waals surface area contributed by atoms with Crippen LogP contribution in [-0.4, -0.2) is 44.8 Å². The summed E-state index contributed by atoms with van der Waals surface area (Å²) in [5.74, 6) is 0.351. The Balaban J connectivity index is 1.78. The number of esters is 1. The van der Waals surface area contributed by atoms with E-state index in [1.807, 2.05) is 71.1 Å². The summed E-state index contributed by atoms with van der Waals surface area (Å²) >= 11 is 0. The summed E-state index contributed by atoms with van der Waals surface area (Å²) in [6.07, 6.45) is 1.84. The van der Waals surface area contributed by atoms with Crippen LogP contribution < -0.4 is 4.74 Å². The Hall–Kier alpha value is -3.65. The van der Waals surface area contributed by atoms with Gasteiger partial charge >= 0.3 is 5.97 Å². The lowest BCUT2D eigenvalue weighted by Gasteiger charge is -2.21. The van der Waals surface area contributed by atoms with Crippen LogP contribution in [0.25, 0.3) is 27.8 Å². The van der Waals surface area contributed by atoms with E-state index in [2.05, 4.69) is 25.9 Å². The molecule has 0 fully saturated rings. The van der Waals surface area contributed by atoms with E-state index in [-0.39, 0.29) is 12.0 Å². The standard InChI is InChI=1S/C28H34N4O4/c1-27(2,3)18-35-22-12-8-10-19(14-22)24-15-21(17-36-28(4,5)26(33)34-7)30-32(24)23-13-9-11-20-16-29-31(6)25(20)23/h8-16H,17-18H2,1-7H3. The van der Waals surface area contributed by atoms with Gasteiger partial charge in [-0.15, -0.1) is 0 Å². The Morgan fingerprint density at radius 2 is 1.78 bits per heavy atom. The molecule has 0 saturated carbocycles. The van der Waals surface area contributed by atoms with E-state index in [1.54, 1.807) is 13.8 Å². The second-order valence-corrected chi connectivity index (χ2v) is 10.6. The highest BCUT2D eigenvalue weighted by atomic mass is 16.6. The average molecular weight is 491 g/mol. The zero-order valence-corrected chi connectivity index (χ0v) is 22.0. The molecule has 0 radical (unpaired) electrons. The van der Waals surface area contributed by atoms with Crippen LogP contribution in [0.15, 0.2) is 54.7 Å². The Bertz CT molecular complexity index is 1380. The minimum Gasteiger partial charge on any atom is -0.493 e. The van der Waals surface area contributed by atoms with E-state index >= 15 is 0 Å². The van der Waals surface area contributed by atoms with Gasteiger partial charge in [-0.3, -0.25) is 4.68 Å². The molecule has 0 bridgehead atoms. The predicted octanol–water partition coefficient (Wildman–Crippen LogP) is 5.32. The highest BCUT2D eigenvalue weighted by Gasteiger charge is 2.30. The Labute approximate surface area is 211 Å². The fourth-order valence-electron chi connectivity index (χ4n) is 3.88. The molecular weight excluding hydrogens is 456 g/mol. The minimum absolute atomic E-state index is 0.0455. The quantitative estimate of drug-likeness (QED) is 0.311. The molecule has 8 nitrogen and oxygen atoms in total. The number of nitrogens with zero attached hydrogens (tertiary/aromatic N) is 4. The van der Waals surface area contributed by atoms with Crippen LogP contribution in [0.1, 0.15) is 40.3 Å². The zero-order chi connectivity index (χ0) is 26.1. The number of fused-ring (bicyclic) bond motifs is 1. The van der Waals surface area contributed by atoms with Crippen molar-refractivity contribution in [2.75, 3.05) is 13.7 Å². The lowest BCUT2D eigenvalue weighted by Crippen LogP contribution is -2.35. The van der Waals surface area contributed by atoms with Gasteiger partial charge in [-0.1, -0.05) is 45.0 Å². The molecule has 0 saturated heterocycles. The molecule has 0 amide bonds. The van der Waals surface area contributed by atoms with Crippen LogP contribution >= 0.6 is 0 Å². The van der Waals surface area contributed by atoms with Crippen LogP contribution in [-0.2, 0) is 27.9 Å². The molecule has 4 rings (SSSR count). The van der Waals surface area contributed by atoms with Gasteiger partial charge in [-0.2, -0.15) is 10.2 Å². The molecule has 36 heavy (non-hydrogen) atoms. The van der Waals surface area contributed by atoms with Crippen LogP contribution in [0.5, 0.6) is 5.75 Å². The summed E-state index contributed by atoms with van der Waals surface area (Å²) in [5.41, 5.74) is 3.31. The summed E-state index contributed by atoms with van der Waals surface area (Å²) in [4.78, 5) is 12.1. The Morgan fingerprint density at radius 1 is 1.03 bits per heavy atom. The number of aryl methyl sites for hydroxylation is 1. The molecule has 0 aliphatic heterocycles. The van der Waals surface area contributed by atoms with E-state index in [0.29, 0.717) is 12.3 Å². The van der Waals surface area contributed by atoms with Gasteiger partial charge in [0, 0.05) is 18.0 Å². The van der Waals surface area contributed by atoms with Gasteiger partial charge in [0.15, 0.2) is 5.60 Å². The molecule has 8 heteroatoms. The summed E-state index contributed by atoms with van der Waals surface area (Å²) in [5, 5.41) is 10.3. The SMILES string of the molecule is COC(=O)C(C)(C)OCc1cc(-c2cccc(OCC(C)(C)C)c2)n(-c2cccc3cnn(C)c23)n1. The topological polar surface area (TPSA) is 80.4 Å². The molecule has 0 spiro atoms. The van der Waals surface area contributed by atoms with Crippen molar-refractivity contribution in [2.24, 2.45) is 12.5 Å². The van der Waals surface area contributed by atoms with E-state index in [9.17, 15) is 4.79 Å². The lowest BCUT2D eigenvalue weighted by molar-refractivity contribution is -0.166. The largest absolute Gasteiger partial charge is 0.493 e. The van der Waals surface area contributed by atoms with Gasteiger partial charge in [-0.25, -0.2) is 9.48 Å². The molecule has 2 heterocycles. The fourth-order valence-corrected chi connectivity index (χ4v) is 3.88. The maximum atomic E-state index is 12.1. The zero-order valence-electron chi connectivity index (χ0n) is 22.0. The Kier molecular flexibility index (Phi) is 6.91. The fraction of sp³-hybridized carbons (Fsp3) is 0.393. The van der Waals surface area contributed by atoms with Gasteiger partial charge < -0.3 is 14.2 Å². The predicted molar refractivity (Wildman–Crippen MR) is 139 cm³/mol. The highest BCUT2D eigenvalue weighted by molar-refractivity contribution is 5.87.